The predicted molar refractivity (Wildman–Crippen MR) is 60.6 cm³/mol. The quantitative estimate of drug-likeness (QED) is 0.597. The minimum absolute atomic E-state index is 0.0401. The summed E-state index contributed by atoms with van der Waals surface area (Å²) >= 11 is 0. The van der Waals surface area contributed by atoms with Gasteiger partial charge in [0.05, 0.1) is 4.92 Å². The van der Waals surface area contributed by atoms with Crippen LogP contribution in [0.4, 0.5) is 5.69 Å². The van der Waals surface area contributed by atoms with Crippen LogP contribution in [0.3, 0.4) is 0 Å². The molecule has 0 N–H and O–H groups in total. The average Bonchev–Trinajstić information content (AvgIpc) is 2.72. The Kier molecular flexibility index (Phi) is 3.04. The lowest BCUT2D eigenvalue weighted by Gasteiger charge is -2.06. The zero-order valence-corrected chi connectivity index (χ0v) is 9.24. The molecule has 6 nitrogen and oxygen atoms in total. The molecule has 1 aromatic carbocycles. The number of benzene rings is 1. The Labute approximate surface area is 97.6 Å². The zero-order valence-electron chi connectivity index (χ0n) is 9.24. The number of aromatic nitrogens is 2. The summed E-state index contributed by atoms with van der Waals surface area (Å²) in [7, 11) is 1.84. The Morgan fingerprint density at radius 1 is 1.47 bits per heavy atom. The molecule has 0 spiro atoms. The van der Waals surface area contributed by atoms with Crippen molar-refractivity contribution in [1.82, 2.24) is 9.55 Å². The van der Waals surface area contributed by atoms with Gasteiger partial charge in [0.25, 0.3) is 0 Å². The molecule has 88 valence electrons. The number of para-hydroxylation sites is 2. The van der Waals surface area contributed by atoms with Crippen molar-refractivity contribution in [3.63, 3.8) is 0 Å². The molecule has 0 fully saturated rings. The Morgan fingerprint density at radius 2 is 2.24 bits per heavy atom. The van der Waals surface area contributed by atoms with E-state index in [1.165, 1.54) is 6.07 Å². The van der Waals surface area contributed by atoms with Crippen LogP contribution in [0.5, 0.6) is 5.75 Å². The number of hydrogen-bond donors (Lipinski definition) is 0. The van der Waals surface area contributed by atoms with Crippen molar-refractivity contribution in [3.8, 4) is 5.75 Å². The highest BCUT2D eigenvalue weighted by atomic mass is 16.6. The number of imidazole rings is 1. The second kappa shape index (κ2) is 4.65. The van der Waals surface area contributed by atoms with Gasteiger partial charge >= 0.3 is 5.69 Å². The fourth-order valence-corrected chi connectivity index (χ4v) is 1.41. The normalized spacial score (nSPS) is 10.2. The van der Waals surface area contributed by atoms with E-state index in [4.69, 9.17) is 4.74 Å². The number of aryl methyl sites for hydroxylation is 1. The van der Waals surface area contributed by atoms with E-state index in [1.54, 1.807) is 35.2 Å². The molecule has 2 rings (SSSR count). The number of nitro groups is 1. The van der Waals surface area contributed by atoms with Crippen molar-refractivity contribution < 1.29 is 9.66 Å². The number of nitro benzene ring substituents is 1. The van der Waals surface area contributed by atoms with Gasteiger partial charge < -0.3 is 9.30 Å². The van der Waals surface area contributed by atoms with Crippen LogP contribution < -0.4 is 4.74 Å². The first-order valence-electron chi connectivity index (χ1n) is 5.01. The summed E-state index contributed by atoms with van der Waals surface area (Å²) in [5.41, 5.74) is -0.0401. The maximum atomic E-state index is 10.8. The SMILES string of the molecule is Cn1ccnc1COc1ccccc1[N+](=O)[O-]. The smallest absolute Gasteiger partial charge is 0.310 e. The molecule has 6 heteroatoms. The lowest BCUT2D eigenvalue weighted by Crippen LogP contribution is -2.04. The van der Waals surface area contributed by atoms with Crippen LogP contribution in [-0.2, 0) is 13.7 Å². The molecule has 1 aromatic heterocycles. The van der Waals surface area contributed by atoms with Crippen LogP contribution in [0, 0.1) is 10.1 Å². The fourth-order valence-electron chi connectivity index (χ4n) is 1.41. The maximum absolute atomic E-state index is 10.8. The molecule has 0 saturated heterocycles. The second-order valence-corrected chi connectivity index (χ2v) is 3.47. The summed E-state index contributed by atoms with van der Waals surface area (Å²) in [6.45, 7) is 0.203. The number of nitrogens with zero attached hydrogens (tertiary/aromatic N) is 3. The van der Waals surface area contributed by atoms with Crippen molar-refractivity contribution in [1.29, 1.82) is 0 Å². The number of hydrogen-bond acceptors (Lipinski definition) is 4. The number of rotatable bonds is 4. The van der Waals surface area contributed by atoms with Crippen molar-refractivity contribution in [2.45, 2.75) is 6.61 Å². The van der Waals surface area contributed by atoms with E-state index < -0.39 is 4.92 Å². The van der Waals surface area contributed by atoms with Crippen molar-refractivity contribution in [3.05, 3.63) is 52.6 Å². The molecule has 0 radical (unpaired) electrons. The van der Waals surface area contributed by atoms with Crippen LogP contribution >= 0.6 is 0 Å². The molecule has 0 aliphatic rings. The molecule has 1 heterocycles. The number of ether oxygens (including phenoxy) is 1. The molecule has 0 bridgehead atoms. The van der Waals surface area contributed by atoms with E-state index in [2.05, 4.69) is 4.98 Å². The van der Waals surface area contributed by atoms with Crippen LogP contribution in [-0.4, -0.2) is 14.5 Å². The van der Waals surface area contributed by atoms with Gasteiger partial charge in [0.15, 0.2) is 5.75 Å². The molecular formula is C11H11N3O3. The standard InChI is InChI=1S/C11H11N3O3/c1-13-7-6-12-11(13)8-17-10-5-3-2-4-9(10)14(15)16/h2-7H,8H2,1H3. The lowest BCUT2D eigenvalue weighted by molar-refractivity contribution is -0.386. The van der Waals surface area contributed by atoms with E-state index in [0.29, 0.717) is 5.82 Å². The van der Waals surface area contributed by atoms with E-state index >= 15 is 0 Å². The van der Waals surface area contributed by atoms with E-state index in [0.717, 1.165) is 0 Å². The first kappa shape index (κ1) is 11.1. The van der Waals surface area contributed by atoms with Crippen molar-refractivity contribution in [2.24, 2.45) is 7.05 Å². The van der Waals surface area contributed by atoms with Gasteiger partial charge in [-0.3, -0.25) is 10.1 Å². The molecule has 17 heavy (non-hydrogen) atoms. The average molecular weight is 233 g/mol. The summed E-state index contributed by atoms with van der Waals surface area (Å²) < 4.78 is 7.20. The van der Waals surface area contributed by atoms with Gasteiger partial charge in [0.1, 0.15) is 12.4 Å². The fraction of sp³-hybridized carbons (Fsp3) is 0.182. The third-order valence-electron chi connectivity index (χ3n) is 2.34. The summed E-state index contributed by atoms with van der Waals surface area (Å²) in [6.07, 6.45) is 3.44. The molecule has 0 saturated carbocycles. The maximum Gasteiger partial charge on any atom is 0.310 e. The van der Waals surface area contributed by atoms with Crippen LogP contribution in [0.1, 0.15) is 5.82 Å². The van der Waals surface area contributed by atoms with Gasteiger partial charge in [-0.1, -0.05) is 12.1 Å². The minimum Gasteiger partial charge on any atom is -0.479 e. The van der Waals surface area contributed by atoms with E-state index in [1.807, 2.05) is 7.05 Å². The summed E-state index contributed by atoms with van der Waals surface area (Å²) in [6, 6.07) is 6.28. The molecular weight excluding hydrogens is 222 g/mol. The molecule has 0 aliphatic carbocycles. The summed E-state index contributed by atoms with van der Waals surface area (Å²) in [5.74, 6) is 0.962. The van der Waals surface area contributed by atoms with E-state index in [9.17, 15) is 10.1 Å². The molecule has 0 atom stereocenters. The van der Waals surface area contributed by atoms with Gasteiger partial charge in [-0.15, -0.1) is 0 Å². The Bertz CT molecular complexity index is 536. The zero-order chi connectivity index (χ0) is 12.3. The van der Waals surface area contributed by atoms with Crippen molar-refractivity contribution >= 4 is 5.69 Å². The second-order valence-electron chi connectivity index (χ2n) is 3.47. The highest BCUT2D eigenvalue weighted by Gasteiger charge is 2.14. The Balaban J connectivity index is 2.14. The molecule has 0 aliphatic heterocycles. The summed E-state index contributed by atoms with van der Waals surface area (Å²) in [5, 5.41) is 10.8. The first-order chi connectivity index (χ1) is 8.18. The highest BCUT2D eigenvalue weighted by Crippen LogP contribution is 2.26. The first-order valence-corrected chi connectivity index (χ1v) is 5.01. The van der Waals surface area contributed by atoms with Gasteiger partial charge in [-0.25, -0.2) is 4.98 Å². The topological polar surface area (TPSA) is 70.2 Å². The minimum atomic E-state index is -0.465. The predicted octanol–water partition coefficient (Wildman–Crippen LogP) is 1.91. The molecule has 0 unspecified atom stereocenters. The molecule has 2 aromatic rings. The van der Waals surface area contributed by atoms with Crippen LogP contribution in [0.25, 0.3) is 0 Å². The van der Waals surface area contributed by atoms with Crippen LogP contribution in [0.15, 0.2) is 36.7 Å². The van der Waals surface area contributed by atoms with Gasteiger partial charge in [0, 0.05) is 25.5 Å². The third kappa shape index (κ3) is 2.41. The largest absolute Gasteiger partial charge is 0.479 e. The van der Waals surface area contributed by atoms with E-state index in [-0.39, 0.29) is 18.0 Å². The molecule has 0 amide bonds. The van der Waals surface area contributed by atoms with Crippen molar-refractivity contribution in [2.75, 3.05) is 0 Å². The Hall–Kier alpha value is -2.37. The van der Waals surface area contributed by atoms with Gasteiger partial charge in [-0.2, -0.15) is 0 Å². The third-order valence-corrected chi connectivity index (χ3v) is 2.34. The lowest BCUT2D eigenvalue weighted by atomic mass is 10.3. The van der Waals surface area contributed by atoms with Crippen LogP contribution in [0.2, 0.25) is 0 Å². The van der Waals surface area contributed by atoms with Gasteiger partial charge in [0.2, 0.25) is 0 Å². The Morgan fingerprint density at radius 3 is 2.88 bits per heavy atom. The monoisotopic (exact) mass is 233 g/mol. The summed E-state index contributed by atoms with van der Waals surface area (Å²) in [4.78, 5) is 14.4. The highest BCUT2D eigenvalue weighted by molar-refractivity contribution is 5.45. The van der Waals surface area contributed by atoms with Gasteiger partial charge in [-0.05, 0) is 6.07 Å².